The predicted molar refractivity (Wildman–Crippen MR) is 69.5 cm³/mol. The Morgan fingerprint density at radius 3 is 2.75 bits per heavy atom. The van der Waals surface area contributed by atoms with Crippen LogP contribution in [0.15, 0.2) is 24.3 Å². The molecule has 2 rings (SSSR count). The third-order valence-electron chi connectivity index (χ3n) is 3.57. The summed E-state index contributed by atoms with van der Waals surface area (Å²) < 4.78 is 0. The summed E-state index contributed by atoms with van der Waals surface area (Å²) in [7, 11) is 0. The van der Waals surface area contributed by atoms with Gasteiger partial charge in [0.1, 0.15) is 0 Å². The summed E-state index contributed by atoms with van der Waals surface area (Å²) in [4.78, 5) is 0. The maximum atomic E-state index is 3.74. The van der Waals surface area contributed by atoms with Gasteiger partial charge in [0, 0.05) is 5.54 Å². The first kappa shape index (κ1) is 11.7. The largest absolute Gasteiger partial charge is 0.307 e. The first-order chi connectivity index (χ1) is 7.62. The Morgan fingerprint density at radius 1 is 1.38 bits per heavy atom. The molecular formula is C15H23N. The summed E-state index contributed by atoms with van der Waals surface area (Å²) in [5.74, 6) is 0.742. The number of aryl methyl sites for hydroxylation is 1. The highest BCUT2D eigenvalue weighted by Crippen LogP contribution is 2.36. The molecule has 0 spiro atoms. The van der Waals surface area contributed by atoms with Gasteiger partial charge < -0.3 is 5.32 Å². The van der Waals surface area contributed by atoms with Crippen molar-refractivity contribution in [3.63, 3.8) is 0 Å². The number of hydrogen-bond donors (Lipinski definition) is 1. The molecule has 0 aromatic heterocycles. The minimum atomic E-state index is 0.250. The lowest BCUT2D eigenvalue weighted by Gasteiger charge is -2.32. The maximum Gasteiger partial charge on any atom is 0.0437 e. The van der Waals surface area contributed by atoms with Gasteiger partial charge in [-0.15, -0.1) is 0 Å². The van der Waals surface area contributed by atoms with Crippen LogP contribution >= 0.6 is 0 Å². The Labute approximate surface area is 99.3 Å². The van der Waals surface area contributed by atoms with Crippen LogP contribution in [0.4, 0.5) is 0 Å². The number of rotatable bonds is 3. The molecule has 1 unspecified atom stereocenters. The van der Waals surface area contributed by atoms with E-state index >= 15 is 0 Å². The van der Waals surface area contributed by atoms with E-state index in [4.69, 9.17) is 0 Å². The molecule has 0 radical (unpaired) electrons. The summed E-state index contributed by atoms with van der Waals surface area (Å²) in [5.41, 5.74) is 3.10. The van der Waals surface area contributed by atoms with E-state index in [-0.39, 0.29) is 5.54 Å². The number of nitrogens with one attached hydrogen (secondary N) is 1. The van der Waals surface area contributed by atoms with E-state index in [1.165, 1.54) is 36.9 Å². The SMILES string of the molecule is Cc1cccc(C2(CC(C)C)CCCN2)c1. The van der Waals surface area contributed by atoms with Gasteiger partial charge in [0.15, 0.2) is 0 Å². The molecule has 0 saturated carbocycles. The second-order valence-corrected chi connectivity index (χ2v) is 5.58. The Balaban J connectivity index is 2.31. The van der Waals surface area contributed by atoms with Crippen molar-refractivity contribution in [2.45, 2.75) is 45.6 Å². The van der Waals surface area contributed by atoms with Gasteiger partial charge in [-0.25, -0.2) is 0 Å². The lowest BCUT2D eigenvalue weighted by atomic mass is 9.81. The average molecular weight is 217 g/mol. The zero-order valence-electron chi connectivity index (χ0n) is 10.7. The fourth-order valence-corrected chi connectivity index (χ4v) is 2.98. The molecule has 16 heavy (non-hydrogen) atoms. The van der Waals surface area contributed by atoms with Crippen molar-refractivity contribution >= 4 is 0 Å². The molecule has 1 aromatic rings. The lowest BCUT2D eigenvalue weighted by molar-refractivity contribution is 0.311. The summed E-state index contributed by atoms with van der Waals surface area (Å²) in [5, 5.41) is 3.74. The molecule has 1 fully saturated rings. The van der Waals surface area contributed by atoms with Crippen LogP contribution in [0.1, 0.15) is 44.2 Å². The molecule has 1 heteroatoms. The van der Waals surface area contributed by atoms with Crippen molar-refractivity contribution in [1.82, 2.24) is 5.32 Å². The van der Waals surface area contributed by atoms with E-state index < -0.39 is 0 Å². The molecule has 1 atom stereocenters. The maximum absolute atomic E-state index is 3.74. The van der Waals surface area contributed by atoms with Crippen LogP contribution in [0.2, 0.25) is 0 Å². The first-order valence-electron chi connectivity index (χ1n) is 6.44. The van der Waals surface area contributed by atoms with Crippen LogP contribution in [-0.4, -0.2) is 6.54 Å². The Morgan fingerprint density at radius 2 is 2.19 bits per heavy atom. The highest BCUT2D eigenvalue weighted by atomic mass is 15.0. The quantitative estimate of drug-likeness (QED) is 0.815. The van der Waals surface area contributed by atoms with Crippen LogP contribution in [0, 0.1) is 12.8 Å². The second-order valence-electron chi connectivity index (χ2n) is 5.58. The fourth-order valence-electron chi connectivity index (χ4n) is 2.98. The van der Waals surface area contributed by atoms with E-state index in [1.54, 1.807) is 0 Å². The van der Waals surface area contributed by atoms with E-state index in [1.807, 2.05) is 0 Å². The molecule has 1 aliphatic heterocycles. The highest BCUT2D eigenvalue weighted by molar-refractivity contribution is 5.30. The molecule has 1 saturated heterocycles. The van der Waals surface area contributed by atoms with Crippen molar-refractivity contribution in [3.8, 4) is 0 Å². The van der Waals surface area contributed by atoms with Crippen molar-refractivity contribution in [2.75, 3.05) is 6.54 Å². The van der Waals surface area contributed by atoms with Crippen LogP contribution < -0.4 is 5.32 Å². The van der Waals surface area contributed by atoms with Gasteiger partial charge in [-0.1, -0.05) is 43.7 Å². The summed E-state index contributed by atoms with van der Waals surface area (Å²) in [6, 6.07) is 9.00. The normalized spacial score (nSPS) is 25.2. The Hall–Kier alpha value is -0.820. The second kappa shape index (κ2) is 4.58. The Kier molecular flexibility index (Phi) is 3.34. The molecule has 1 N–H and O–H groups in total. The van der Waals surface area contributed by atoms with Crippen molar-refractivity contribution < 1.29 is 0 Å². The predicted octanol–water partition coefficient (Wildman–Crippen LogP) is 3.62. The van der Waals surface area contributed by atoms with Gasteiger partial charge >= 0.3 is 0 Å². The van der Waals surface area contributed by atoms with Gasteiger partial charge in [-0.05, 0) is 44.2 Å². The van der Waals surface area contributed by atoms with Crippen molar-refractivity contribution in [3.05, 3.63) is 35.4 Å². The van der Waals surface area contributed by atoms with Gasteiger partial charge in [0.05, 0.1) is 0 Å². The van der Waals surface area contributed by atoms with E-state index in [0.717, 1.165) is 5.92 Å². The Bertz CT molecular complexity index is 348. The van der Waals surface area contributed by atoms with Crippen molar-refractivity contribution in [1.29, 1.82) is 0 Å². The number of benzene rings is 1. The zero-order chi connectivity index (χ0) is 11.6. The molecule has 0 bridgehead atoms. The third kappa shape index (κ3) is 2.30. The first-order valence-corrected chi connectivity index (χ1v) is 6.44. The molecule has 1 aliphatic rings. The van der Waals surface area contributed by atoms with Gasteiger partial charge in [0.2, 0.25) is 0 Å². The van der Waals surface area contributed by atoms with Gasteiger partial charge in [0.25, 0.3) is 0 Å². The molecule has 0 amide bonds. The van der Waals surface area contributed by atoms with E-state index in [2.05, 4.69) is 50.4 Å². The third-order valence-corrected chi connectivity index (χ3v) is 3.57. The highest BCUT2D eigenvalue weighted by Gasteiger charge is 2.35. The molecule has 1 heterocycles. The average Bonchev–Trinajstić information content (AvgIpc) is 2.66. The van der Waals surface area contributed by atoms with Crippen LogP contribution in [0.25, 0.3) is 0 Å². The summed E-state index contributed by atoms with van der Waals surface area (Å²) in [6.07, 6.45) is 3.84. The molecular weight excluding hydrogens is 194 g/mol. The van der Waals surface area contributed by atoms with Gasteiger partial charge in [-0.3, -0.25) is 0 Å². The van der Waals surface area contributed by atoms with Crippen LogP contribution in [0.3, 0.4) is 0 Å². The minimum Gasteiger partial charge on any atom is -0.307 e. The molecule has 1 aromatic carbocycles. The minimum absolute atomic E-state index is 0.250. The smallest absolute Gasteiger partial charge is 0.0437 e. The molecule has 1 nitrogen and oxygen atoms in total. The summed E-state index contributed by atoms with van der Waals surface area (Å²) >= 11 is 0. The molecule has 88 valence electrons. The fraction of sp³-hybridized carbons (Fsp3) is 0.600. The number of hydrogen-bond acceptors (Lipinski definition) is 1. The van der Waals surface area contributed by atoms with Crippen LogP contribution in [0.5, 0.6) is 0 Å². The van der Waals surface area contributed by atoms with Gasteiger partial charge in [-0.2, -0.15) is 0 Å². The summed E-state index contributed by atoms with van der Waals surface area (Å²) in [6.45, 7) is 7.98. The standard InChI is InChI=1S/C15H23N/c1-12(2)11-15(8-5-9-16-15)14-7-4-6-13(3)10-14/h4,6-7,10,12,16H,5,8-9,11H2,1-3H3. The van der Waals surface area contributed by atoms with Crippen molar-refractivity contribution in [2.24, 2.45) is 5.92 Å². The lowest BCUT2D eigenvalue weighted by Crippen LogP contribution is -2.38. The topological polar surface area (TPSA) is 12.0 Å². The van der Waals surface area contributed by atoms with Crippen LogP contribution in [-0.2, 0) is 5.54 Å². The monoisotopic (exact) mass is 217 g/mol. The van der Waals surface area contributed by atoms with E-state index in [0.29, 0.717) is 0 Å². The zero-order valence-corrected chi connectivity index (χ0v) is 10.7. The molecule has 0 aliphatic carbocycles. The van der Waals surface area contributed by atoms with E-state index in [9.17, 15) is 0 Å².